The second-order valence-electron chi connectivity index (χ2n) is 12.0. The number of halogens is 2. The van der Waals surface area contributed by atoms with Crippen molar-refractivity contribution in [3.8, 4) is 11.5 Å². The van der Waals surface area contributed by atoms with Crippen molar-refractivity contribution in [3.05, 3.63) is 125 Å². The Bertz CT molecular complexity index is 1700. The van der Waals surface area contributed by atoms with Gasteiger partial charge in [0.15, 0.2) is 0 Å². The number of aryl methyl sites for hydroxylation is 1. The summed E-state index contributed by atoms with van der Waals surface area (Å²) in [6.45, 7) is 2.25. The highest BCUT2D eigenvalue weighted by atomic mass is 35.5. The molecule has 0 spiro atoms. The third-order valence-corrected chi connectivity index (χ3v) is 10.7. The number of nitrogens with zero attached hydrogens (tertiary/aromatic N) is 1. The Hall–Kier alpha value is -4.13. The van der Waals surface area contributed by atoms with Crippen molar-refractivity contribution in [1.82, 2.24) is 4.90 Å². The summed E-state index contributed by atoms with van der Waals surface area (Å²) in [7, 11) is 0. The number of unbranched alkanes of at least 4 members (excludes halogenated alkanes) is 2. The lowest BCUT2D eigenvalue weighted by Gasteiger charge is -2.54. The molecule has 1 saturated heterocycles. The number of carbonyl (C=O) groups is 3. The molecule has 45 heavy (non-hydrogen) atoms. The van der Waals surface area contributed by atoms with Gasteiger partial charge in [-0.2, -0.15) is 0 Å². The maximum atomic E-state index is 13.9. The number of benzene rings is 4. The third-order valence-electron chi connectivity index (χ3n) is 9.42. The number of hydrogen-bond donors (Lipinski definition) is 1. The van der Waals surface area contributed by atoms with Gasteiger partial charge in [-0.25, -0.2) is 0 Å². The van der Waals surface area contributed by atoms with Crippen molar-refractivity contribution in [2.45, 2.75) is 42.4 Å². The molecule has 4 aromatic rings. The first kappa shape index (κ1) is 29.6. The van der Waals surface area contributed by atoms with Crippen LogP contribution < -0.4 is 10.1 Å². The van der Waals surface area contributed by atoms with E-state index in [2.05, 4.69) is 5.32 Å². The molecule has 2 bridgehead atoms. The predicted molar refractivity (Wildman–Crippen MR) is 175 cm³/mol. The molecule has 228 valence electrons. The molecule has 3 aliphatic carbocycles. The number of amides is 3. The van der Waals surface area contributed by atoms with Crippen LogP contribution in [0.4, 0.5) is 5.69 Å². The topological polar surface area (TPSA) is 75.7 Å². The van der Waals surface area contributed by atoms with Crippen molar-refractivity contribution in [1.29, 1.82) is 0 Å². The number of anilines is 1. The first-order valence-electron chi connectivity index (χ1n) is 15.3. The summed E-state index contributed by atoms with van der Waals surface area (Å²) >= 11 is 14.9. The summed E-state index contributed by atoms with van der Waals surface area (Å²) in [6, 6.07) is 30.3. The smallest absolute Gasteiger partial charge is 0.235 e. The number of nitrogens with one attached hydrogen (secondary N) is 1. The van der Waals surface area contributed by atoms with Crippen LogP contribution in [0.3, 0.4) is 0 Å². The van der Waals surface area contributed by atoms with Crippen LogP contribution >= 0.6 is 23.2 Å². The summed E-state index contributed by atoms with van der Waals surface area (Å²) < 4.78 is 5.93. The van der Waals surface area contributed by atoms with Gasteiger partial charge in [-0.1, -0.05) is 73.2 Å². The second kappa shape index (κ2) is 11.3. The van der Waals surface area contributed by atoms with Gasteiger partial charge in [-0.3, -0.25) is 19.3 Å². The Morgan fingerprint density at radius 3 is 1.78 bits per heavy atom. The number of alkyl halides is 2. The molecule has 1 heterocycles. The van der Waals surface area contributed by atoms with Gasteiger partial charge >= 0.3 is 0 Å². The largest absolute Gasteiger partial charge is 0.457 e. The Morgan fingerprint density at radius 1 is 0.733 bits per heavy atom. The molecular weight excluding hydrogens is 607 g/mol. The highest BCUT2D eigenvalue weighted by Gasteiger charge is 2.72. The van der Waals surface area contributed by atoms with E-state index in [-0.39, 0.29) is 24.3 Å². The van der Waals surface area contributed by atoms with Crippen molar-refractivity contribution in [3.63, 3.8) is 0 Å². The highest BCUT2D eigenvalue weighted by Crippen LogP contribution is 2.69. The van der Waals surface area contributed by atoms with Crippen molar-refractivity contribution >= 4 is 46.6 Å². The fraction of sp³-hybridized carbons (Fsp3) is 0.270. The summed E-state index contributed by atoms with van der Waals surface area (Å²) in [6.07, 6.45) is 2.22. The van der Waals surface area contributed by atoms with Crippen LogP contribution in [-0.4, -0.2) is 29.2 Å². The minimum Gasteiger partial charge on any atom is -0.457 e. The average Bonchev–Trinajstić information content (AvgIpc) is 3.31. The number of likely N-dealkylation sites (tertiary alicyclic amines) is 1. The maximum absolute atomic E-state index is 13.9. The molecule has 0 saturated carbocycles. The van der Waals surface area contributed by atoms with E-state index in [0.29, 0.717) is 37.1 Å². The number of ether oxygens (including phenoxy) is 1. The van der Waals surface area contributed by atoms with Crippen molar-refractivity contribution in [2.24, 2.45) is 11.8 Å². The van der Waals surface area contributed by atoms with E-state index in [1.807, 2.05) is 104 Å². The summed E-state index contributed by atoms with van der Waals surface area (Å²) in [5.74, 6) is -0.738. The van der Waals surface area contributed by atoms with Crippen LogP contribution in [0.25, 0.3) is 0 Å². The molecule has 8 heteroatoms. The van der Waals surface area contributed by atoms with Gasteiger partial charge in [0, 0.05) is 18.7 Å². The second-order valence-corrected chi connectivity index (χ2v) is 13.2. The van der Waals surface area contributed by atoms with E-state index in [1.165, 1.54) is 4.90 Å². The van der Waals surface area contributed by atoms with Gasteiger partial charge in [0.2, 0.25) is 17.7 Å². The summed E-state index contributed by atoms with van der Waals surface area (Å²) in [5, 5.41) is 2.92. The Labute approximate surface area is 272 Å². The summed E-state index contributed by atoms with van der Waals surface area (Å²) in [4.78, 5) is 39.4. The van der Waals surface area contributed by atoms with E-state index in [9.17, 15) is 14.4 Å². The number of rotatable bonds is 9. The monoisotopic (exact) mass is 638 g/mol. The third kappa shape index (κ3) is 4.65. The molecule has 2 atom stereocenters. The van der Waals surface area contributed by atoms with Crippen LogP contribution in [0, 0.1) is 18.8 Å². The number of carbonyl (C=O) groups excluding carboxylic acids is 3. The fourth-order valence-corrected chi connectivity index (χ4v) is 8.40. The lowest BCUT2D eigenvalue weighted by atomic mass is 9.54. The van der Waals surface area contributed by atoms with Crippen molar-refractivity contribution < 1.29 is 19.1 Å². The predicted octanol–water partition coefficient (Wildman–Crippen LogP) is 7.88. The van der Waals surface area contributed by atoms with Crippen LogP contribution in [0.1, 0.15) is 53.5 Å². The van der Waals surface area contributed by atoms with E-state index in [1.54, 1.807) is 0 Å². The minimum atomic E-state index is -1.17. The van der Waals surface area contributed by atoms with Gasteiger partial charge < -0.3 is 10.1 Å². The van der Waals surface area contributed by atoms with Gasteiger partial charge in [-0.05, 0) is 77.9 Å². The first-order chi connectivity index (χ1) is 21.7. The van der Waals surface area contributed by atoms with Gasteiger partial charge in [-0.15, -0.1) is 23.2 Å². The molecule has 1 fully saturated rings. The highest BCUT2D eigenvalue weighted by molar-refractivity contribution is 6.36. The maximum Gasteiger partial charge on any atom is 0.235 e. The molecule has 4 aliphatic rings. The molecule has 0 aromatic heterocycles. The molecule has 1 aliphatic heterocycles. The minimum absolute atomic E-state index is 0.0952. The first-order valence-corrected chi connectivity index (χ1v) is 16.1. The van der Waals surface area contributed by atoms with Crippen LogP contribution in [0.5, 0.6) is 11.5 Å². The average molecular weight is 640 g/mol. The lowest BCUT2D eigenvalue weighted by molar-refractivity contribution is -0.140. The number of imide groups is 1. The fourth-order valence-electron chi connectivity index (χ4n) is 7.31. The zero-order valence-electron chi connectivity index (χ0n) is 24.8. The van der Waals surface area contributed by atoms with Crippen LogP contribution in [-0.2, 0) is 24.1 Å². The number of para-hydroxylation sites is 1. The zero-order chi connectivity index (χ0) is 31.3. The van der Waals surface area contributed by atoms with Crippen LogP contribution in [0.15, 0.2) is 97.1 Å². The quantitative estimate of drug-likeness (QED) is 0.115. The SMILES string of the molecule is Cc1ccccc1Oc1ccc(NC(=O)CCCCCN2C(=O)[C@H]3[C@H](C2=O)C2(Cl)c4ccccc4C3(Cl)c3ccccc32)cc1. The molecule has 0 unspecified atom stereocenters. The molecule has 6 nitrogen and oxygen atoms in total. The molecule has 8 rings (SSSR count). The van der Waals surface area contributed by atoms with E-state index >= 15 is 0 Å². The molecule has 0 radical (unpaired) electrons. The Kier molecular flexibility index (Phi) is 7.46. The standard InChI is InChI=1S/C37H32Cl2N2O4/c1-23-11-4-9-16-30(23)45-25-20-18-24(19-21-25)40-31(42)17-3-2-10-22-41-34(43)32-33(35(41)44)37(39)27-13-6-5-12-26(27)36(32,38)28-14-7-8-15-29(28)37/h4-9,11-16,18-21,32-33H,2-3,10,17,22H2,1H3,(H,40,42)/t32-,33-,36?,37?/m1/s1. The molecule has 3 amide bonds. The zero-order valence-corrected chi connectivity index (χ0v) is 26.3. The molecule has 1 N–H and O–H groups in total. The van der Waals surface area contributed by atoms with Crippen LogP contribution in [0.2, 0.25) is 0 Å². The summed E-state index contributed by atoms with van der Waals surface area (Å²) in [5.41, 5.74) is 4.91. The Balaban J connectivity index is 0.957. The normalized spacial score (nSPS) is 24.2. The van der Waals surface area contributed by atoms with Crippen molar-refractivity contribution in [2.75, 3.05) is 11.9 Å². The molecule has 4 aromatic carbocycles. The van der Waals surface area contributed by atoms with E-state index in [4.69, 9.17) is 27.9 Å². The Morgan fingerprint density at radius 2 is 1.24 bits per heavy atom. The van der Waals surface area contributed by atoms with E-state index in [0.717, 1.165) is 33.6 Å². The van der Waals surface area contributed by atoms with Gasteiger partial charge in [0.25, 0.3) is 0 Å². The van der Waals surface area contributed by atoms with Gasteiger partial charge in [0.05, 0.1) is 11.8 Å². The lowest BCUT2D eigenvalue weighted by Crippen LogP contribution is -2.57. The van der Waals surface area contributed by atoms with E-state index < -0.39 is 21.6 Å². The number of hydrogen-bond acceptors (Lipinski definition) is 4. The van der Waals surface area contributed by atoms with Gasteiger partial charge in [0.1, 0.15) is 21.2 Å². The molecular formula is C37H32Cl2N2O4.